The highest BCUT2D eigenvalue weighted by Crippen LogP contribution is 2.18. The third-order valence-electron chi connectivity index (χ3n) is 5.43. The van der Waals surface area contributed by atoms with Gasteiger partial charge in [0.2, 0.25) is 5.43 Å². The first-order valence-electron chi connectivity index (χ1n) is 9.93. The van der Waals surface area contributed by atoms with Gasteiger partial charge >= 0.3 is 0 Å². The number of benzene rings is 2. The van der Waals surface area contributed by atoms with E-state index in [2.05, 4.69) is 10.00 Å². The first kappa shape index (κ1) is 20.5. The minimum Gasteiger partial charge on any atom is -0.335 e. The van der Waals surface area contributed by atoms with E-state index in [0.29, 0.717) is 60.8 Å². The van der Waals surface area contributed by atoms with E-state index in [0.717, 1.165) is 0 Å². The van der Waals surface area contributed by atoms with Crippen LogP contribution in [-0.4, -0.2) is 51.7 Å². The molecule has 0 radical (unpaired) electrons. The maximum absolute atomic E-state index is 13.9. The lowest BCUT2D eigenvalue weighted by Crippen LogP contribution is -2.49. The lowest BCUT2D eigenvalue weighted by molar-refractivity contribution is 0.0618. The third-order valence-corrected chi connectivity index (χ3v) is 5.67. The van der Waals surface area contributed by atoms with Crippen molar-refractivity contribution >= 4 is 28.4 Å². The Morgan fingerprint density at radius 2 is 1.87 bits per heavy atom. The first-order valence-corrected chi connectivity index (χ1v) is 10.3. The molecule has 8 heteroatoms. The maximum atomic E-state index is 13.9. The number of aromatic nitrogens is 2. The number of halogens is 2. The summed E-state index contributed by atoms with van der Waals surface area (Å²) in [4.78, 5) is 29.8. The molecule has 1 fully saturated rings. The zero-order valence-electron chi connectivity index (χ0n) is 16.6. The van der Waals surface area contributed by atoms with Crippen LogP contribution >= 0.6 is 11.6 Å². The molecule has 4 rings (SSSR count). The summed E-state index contributed by atoms with van der Waals surface area (Å²) in [6.07, 6.45) is 0. The summed E-state index contributed by atoms with van der Waals surface area (Å²) >= 11 is 6.06. The zero-order valence-corrected chi connectivity index (χ0v) is 17.4. The van der Waals surface area contributed by atoms with Gasteiger partial charge in [0.25, 0.3) is 5.91 Å². The molecule has 2 aromatic carbocycles. The summed E-state index contributed by atoms with van der Waals surface area (Å²) in [7, 11) is 0. The fourth-order valence-corrected chi connectivity index (χ4v) is 3.94. The molecule has 0 aliphatic carbocycles. The molecule has 0 spiro atoms. The van der Waals surface area contributed by atoms with Gasteiger partial charge in [-0.2, -0.15) is 5.10 Å². The molecule has 0 bridgehead atoms. The number of aryl methyl sites for hydroxylation is 1. The maximum Gasteiger partial charge on any atom is 0.278 e. The molecule has 30 heavy (non-hydrogen) atoms. The molecule has 3 aromatic rings. The van der Waals surface area contributed by atoms with Crippen molar-refractivity contribution in [2.75, 3.05) is 26.2 Å². The minimum absolute atomic E-state index is 0.0887. The molecule has 1 aromatic heterocycles. The van der Waals surface area contributed by atoms with Gasteiger partial charge in [-0.3, -0.25) is 19.2 Å². The second-order valence-corrected chi connectivity index (χ2v) is 7.75. The summed E-state index contributed by atoms with van der Waals surface area (Å²) in [5, 5.41) is 5.16. The number of hydrogen-bond donors (Lipinski definition) is 0. The van der Waals surface area contributed by atoms with E-state index >= 15 is 0 Å². The topological polar surface area (TPSA) is 58.4 Å². The van der Waals surface area contributed by atoms with Gasteiger partial charge < -0.3 is 4.90 Å². The normalized spacial score (nSPS) is 15.0. The van der Waals surface area contributed by atoms with Gasteiger partial charge in [0.15, 0.2) is 5.69 Å². The number of fused-ring (bicyclic) bond motifs is 1. The van der Waals surface area contributed by atoms with Gasteiger partial charge in [0.1, 0.15) is 5.82 Å². The Bertz CT molecular complexity index is 1160. The van der Waals surface area contributed by atoms with Gasteiger partial charge in [0.05, 0.1) is 10.9 Å². The monoisotopic (exact) mass is 428 g/mol. The van der Waals surface area contributed by atoms with E-state index in [1.54, 1.807) is 39.9 Å². The third kappa shape index (κ3) is 3.95. The second kappa shape index (κ2) is 8.53. The van der Waals surface area contributed by atoms with Crippen LogP contribution in [0.15, 0.2) is 47.3 Å². The summed E-state index contributed by atoms with van der Waals surface area (Å²) < 4.78 is 15.5. The van der Waals surface area contributed by atoms with Crippen molar-refractivity contribution in [1.82, 2.24) is 19.6 Å². The molecular formula is C22H22ClFN4O2. The minimum atomic E-state index is -0.406. The highest BCUT2D eigenvalue weighted by atomic mass is 35.5. The van der Waals surface area contributed by atoms with Gasteiger partial charge in [-0.05, 0) is 31.2 Å². The molecule has 1 amide bonds. The summed E-state index contributed by atoms with van der Waals surface area (Å²) in [6, 6.07) is 11.7. The molecule has 0 saturated carbocycles. The smallest absolute Gasteiger partial charge is 0.278 e. The van der Waals surface area contributed by atoms with Gasteiger partial charge in [-0.25, -0.2) is 4.39 Å². The number of nitrogens with zero attached hydrogens (tertiary/aromatic N) is 4. The van der Waals surface area contributed by atoms with E-state index in [-0.39, 0.29) is 17.4 Å². The zero-order chi connectivity index (χ0) is 21.3. The number of rotatable bonds is 4. The van der Waals surface area contributed by atoms with Crippen LogP contribution in [0.3, 0.4) is 0 Å². The van der Waals surface area contributed by atoms with Crippen LogP contribution < -0.4 is 5.43 Å². The van der Waals surface area contributed by atoms with Crippen LogP contribution in [0.4, 0.5) is 4.39 Å². The Kier molecular flexibility index (Phi) is 5.83. The van der Waals surface area contributed by atoms with Crippen molar-refractivity contribution < 1.29 is 9.18 Å². The highest BCUT2D eigenvalue weighted by molar-refractivity contribution is 6.31. The fraction of sp³-hybridized carbons (Fsp3) is 0.318. The first-order chi connectivity index (χ1) is 14.5. The largest absolute Gasteiger partial charge is 0.335 e. The summed E-state index contributed by atoms with van der Waals surface area (Å²) in [5.41, 5.74) is 0.791. The van der Waals surface area contributed by atoms with E-state index in [1.807, 2.05) is 13.0 Å². The molecule has 156 valence electrons. The molecule has 0 N–H and O–H groups in total. The van der Waals surface area contributed by atoms with E-state index in [9.17, 15) is 14.0 Å². The second-order valence-electron chi connectivity index (χ2n) is 7.31. The van der Waals surface area contributed by atoms with Crippen molar-refractivity contribution in [3.05, 3.63) is 74.8 Å². The Balaban J connectivity index is 1.53. The Hall–Kier alpha value is -2.77. The van der Waals surface area contributed by atoms with Crippen molar-refractivity contribution in [3.8, 4) is 0 Å². The summed E-state index contributed by atoms with van der Waals surface area (Å²) in [6.45, 7) is 5.02. The molecule has 1 aliphatic rings. The molecule has 0 atom stereocenters. The Morgan fingerprint density at radius 1 is 1.13 bits per heavy atom. The molecule has 1 saturated heterocycles. The molecule has 2 heterocycles. The predicted octanol–water partition coefficient (Wildman–Crippen LogP) is 3.17. The summed E-state index contributed by atoms with van der Waals surface area (Å²) in [5.74, 6) is -0.607. The van der Waals surface area contributed by atoms with Crippen LogP contribution in [0.25, 0.3) is 10.9 Å². The van der Waals surface area contributed by atoms with Gasteiger partial charge in [0, 0.05) is 49.9 Å². The van der Waals surface area contributed by atoms with Crippen LogP contribution in [0.5, 0.6) is 0 Å². The van der Waals surface area contributed by atoms with Crippen LogP contribution in [0, 0.1) is 5.82 Å². The van der Waals surface area contributed by atoms with Crippen LogP contribution in [0.2, 0.25) is 5.02 Å². The average molecular weight is 429 g/mol. The number of hydrogen-bond acceptors (Lipinski definition) is 4. The number of carbonyl (C=O) groups is 1. The van der Waals surface area contributed by atoms with Gasteiger partial charge in [-0.1, -0.05) is 29.8 Å². The molecule has 6 nitrogen and oxygen atoms in total. The SMILES string of the molecule is CCn1nc(C(=O)N2CCN(Cc3ccccc3F)CC2)c(=O)c2cc(Cl)ccc21. The van der Waals surface area contributed by atoms with Gasteiger partial charge in [-0.15, -0.1) is 0 Å². The Labute approximate surface area is 178 Å². The Morgan fingerprint density at radius 3 is 2.57 bits per heavy atom. The molecule has 0 unspecified atom stereocenters. The molecule has 1 aliphatic heterocycles. The fourth-order valence-electron chi connectivity index (χ4n) is 3.77. The van der Waals surface area contributed by atoms with Crippen LogP contribution in [-0.2, 0) is 13.1 Å². The quantitative estimate of drug-likeness (QED) is 0.640. The van der Waals surface area contributed by atoms with Crippen LogP contribution in [0.1, 0.15) is 23.0 Å². The van der Waals surface area contributed by atoms with Crippen molar-refractivity contribution in [1.29, 1.82) is 0 Å². The number of piperazine rings is 1. The lowest BCUT2D eigenvalue weighted by atomic mass is 10.1. The van der Waals surface area contributed by atoms with E-state index in [1.165, 1.54) is 6.07 Å². The lowest BCUT2D eigenvalue weighted by Gasteiger charge is -2.34. The van der Waals surface area contributed by atoms with E-state index < -0.39 is 5.43 Å². The van der Waals surface area contributed by atoms with Crippen molar-refractivity contribution in [3.63, 3.8) is 0 Å². The standard InChI is InChI=1S/C22H22ClFN4O2/c1-2-28-19-8-7-16(23)13-17(19)21(29)20(25-28)22(30)27-11-9-26(10-12-27)14-15-5-3-4-6-18(15)24/h3-8,13H,2,9-12,14H2,1H3. The van der Waals surface area contributed by atoms with Crippen molar-refractivity contribution in [2.45, 2.75) is 20.0 Å². The highest BCUT2D eigenvalue weighted by Gasteiger charge is 2.26. The average Bonchev–Trinajstić information content (AvgIpc) is 2.76. The van der Waals surface area contributed by atoms with E-state index in [4.69, 9.17) is 11.6 Å². The predicted molar refractivity (Wildman–Crippen MR) is 114 cm³/mol. The van der Waals surface area contributed by atoms with Crippen molar-refractivity contribution in [2.24, 2.45) is 0 Å². The number of amides is 1. The number of carbonyl (C=O) groups excluding carboxylic acids is 1. The molecular weight excluding hydrogens is 407 g/mol.